The third-order valence-corrected chi connectivity index (χ3v) is 6.73. The summed E-state index contributed by atoms with van der Waals surface area (Å²) in [6.07, 6.45) is 2.41. The van der Waals surface area contributed by atoms with Gasteiger partial charge in [-0.15, -0.1) is 0 Å². The Morgan fingerprint density at radius 1 is 1.07 bits per heavy atom. The summed E-state index contributed by atoms with van der Waals surface area (Å²) in [5.74, 6) is 0.835. The van der Waals surface area contributed by atoms with Gasteiger partial charge in [-0.05, 0) is 38.0 Å². The first-order valence-corrected chi connectivity index (χ1v) is 10.5. The predicted octanol–water partition coefficient (Wildman–Crippen LogP) is 3.96. The van der Waals surface area contributed by atoms with Crippen molar-refractivity contribution in [2.45, 2.75) is 37.1 Å². The number of sulfonamides is 1. The van der Waals surface area contributed by atoms with Crippen molar-refractivity contribution in [2.24, 2.45) is 0 Å². The van der Waals surface area contributed by atoms with E-state index >= 15 is 0 Å². The van der Waals surface area contributed by atoms with Crippen LogP contribution in [-0.2, 0) is 10.0 Å². The molecule has 1 aliphatic heterocycles. The largest absolute Gasteiger partial charge is 0.337 e. The number of nitrogens with zero attached hydrogens (tertiary/aromatic N) is 3. The number of benzene rings is 2. The van der Waals surface area contributed by atoms with Crippen molar-refractivity contribution in [2.75, 3.05) is 6.54 Å². The molecule has 0 saturated carbocycles. The van der Waals surface area contributed by atoms with Crippen LogP contribution in [0.25, 0.3) is 11.4 Å². The van der Waals surface area contributed by atoms with E-state index in [2.05, 4.69) is 10.1 Å². The van der Waals surface area contributed by atoms with Crippen molar-refractivity contribution < 1.29 is 12.9 Å². The van der Waals surface area contributed by atoms with Crippen LogP contribution >= 0.6 is 0 Å². The molecule has 0 spiro atoms. The Labute approximate surface area is 158 Å². The highest BCUT2D eigenvalue weighted by Gasteiger charge is 2.37. The van der Waals surface area contributed by atoms with E-state index in [9.17, 15) is 8.42 Å². The van der Waals surface area contributed by atoms with Crippen molar-refractivity contribution in [3.8, 4) is 11.4 Å². The number of rotatable bonds is 4. The number of hydrogen-bond acceptors (Lipinski definition) is 5. The average Bonchev–Trinajstić information content (AvgIpc) is 3.19. The standard InChI is InChI=1S/C20H21N3O3S/c1-15-8-7-9-16(14-15)19-21-20(26-22-19)18-12-5-6-13-23(18)27(24,25)17-10-3-2-4-11-17/h2-4,7-11,14,18H,5-6,12-13H2,1H3. The molecule has 2 heterocycles. The Bertz CT molecular complexity index is 1030. The quantitative estimate of drug-likeness (QED) is 0.681. The fourth-order valence-corrected chi connectivity index (χ4v) is 5.11. The minimum absolute atomic E-state index is 0.287. The monoisotopic (exact) mass is 383 g/mol. The van der Waals surface area contributed by atoms with Gasteiger partial charge in [0, 0.05) is 12.1 Å². The Balaban J connectivity index is 1.68. The van der Waals surface area contributed by atoms with Crippen LogP contribution in [0.1, 0.15) is 36.8 Å². The summed E-state index contributed by atoms with van der Waals surface area (Å²) in [4.78, 5) is 4.81. The second kappa shape index (κ2) is 7.25. The maximum Gasteiger partial charge on any atom is 0.245 e. The molecule has 0 aliphatic carbocycles. The van der Waals surface area contributed by atoms with E-state index in [1.54, 1.807) is 30.3 Å². The molecule has 0 radical (unpaired) electrons. The molecule has 2 aromatic carbocycles. The molecule has 0 N–H and O–H groups in total. The summed E-state index contributed by atoms with van der Waals surface area (Å²) < 4.78 is 33.2. The Kier molecular flexibility index (Phi) is 4.80. The Morgan fingerprint density at radius 2 is 1.89 bits per heavy atom. The summed E-state index contributed by atoms with van der Waals surface area (Å²) in [6, 6.07) is 15.9. The molecule has 6 nitrogen and oxygen atoms in total. The molecule has 1 unspecified atom stereocenters. The van der Waals surface area contributed by atoms with Crippen LogP contribution in [0, 0.1) is 6.92 Å². The van der Waals surface area contributed by atoms with E-state index in [1.807, 2.05) is 31.2 Å². The molecular weight excluding hydrogens is 362 g/mol. The van der Waals surface area contributed by atoms with Gasteiger partial charge in [-0.3, -0.25) is 0 Å². The van der Waals surface area contributed by atoms with E-state index in [-0.39, 0.29) is 4.90 Å². The maximum absolute atomic E-state index is 13.1. The summed E-state index contributed by atoms with van der Waals surface area (Å²) in [5.41, 5.74) is 1.96. The second-order valence-corrected chi connectivity index (χ2v) is 8.66. The van der Waals surface area contributed by atoms with Gasteiger partial charge < -0.3 is 4.52 Å². The van der Waals surface area contributed by atoms with E-state index in [1.165, 1.54) is 4.31 Å². The molecular formula is C20H21N3O3S. The topological polar surface area (TPSA) is 76.3 Å². The molecule has 1 atom stereocenters. The van der Waals surface area contributed by atoms with Gasteiger partial charge in [0.15, 0.2) is 0 Å². The maximum atomic E-state index is 13.1. The highest BCUT2D eigenvalue weighted by atomic mass is 32.2. The minimum atomic E-state index is -3.62. The van der Waals surface area contributed by atoms with Gasteiger partial charge in [0.25, 0.3) is 0 Å². The Hall–Kier alpha value is -2.51. The Morgan fingerprint density at radius 3 is 2.67 bits per heavy atom. The molecule has 3 aromatic rings. The third kappa shape index (κ3) is 3.52. The highest BCUT2D eigenvalue weighted by molar-refractivity contribution is 7.89. The van der Waals surface area contributed by atoms with Crippen LogP contribution in [0.3, 0.4) is 0 Å². The van der Waals surface area contributed by atoms with Crippen LogP contribution in [0.2, 0.25) is 0 Å². The summed E-state index contributed by atoms with van der Waals surface area (Å²) >= 11 is 0. The molecule has 0 bridgehead atoms. The van der Waals surface area contributed by atoms with Crippen LogP contribution in [0.4, 0.5) is 0 Å². The average molecular weight is 383 g/mol. The lowest BCUT2D eigenvalue weighted by Gasteiger charge is -2.32. The zero-order valence-corrected chi connectivity index (χ0v) is 15.9. The predicted molar refractivity (Wildman–Crippen MR) is 101 cm³/mol. The van der Waals surface area contributed by atoms with Gasteiger partial charge in [0.05, 0.1) is 4.90 Å². The van der Waals surface area contributed by atoms with Crippen LogP contribution in [0.5, 0.6) is 0 Å². The zero-order valence-electron chi connectivity index (χ0n) is 15.1. The van der Waals surface area contributed by atoms with Crippen LogP contribution in [-0.4, -0.2) is 29.4 Å². The van der Waals surface area contributed by atoms with Crippen molar-refractivity contribution in [1.82, 2.24) is 14.4 Å². The van der Waals surface area contributed by atoms with Crippen LogP contribution in [0.15, 0.2) is 64.0 Å². The fraction of sp³-hybridized carbons (Fsp3) is 0.300. The van der Waals surface area contributed by atoms with Gasteiger partial charge in [-0.25, -0.2) is 8.42 Å². The molecule has 1 aromatic heterocycles. The second-order valence-electron chi connectivity index (χ2n) is 6.77. The van der Waals surface area contributed by atoms with E-state index in [0.717, 1.165) is 24.0 Å². The molecule has 1 aliphatic rings. The van der Waals surface area contributed by atoms with Crippen molar-refractivity contribution >= 4 is 10.0 Å². The summed E-state index contributed by atoms with van der Waals surface area (Å²) in [5, 5.41) is 4.08. The molecule has 1 fully saturated rings. The first-order valence-electron chi connectivity index (χ1n) is 9.03. The van der Waals surface area contributed by atoms with E-state index < -0.39 is 16.1 Å². The summed E-state index contributed by atoms with van der Waals surface area (Å²) in [7, 11) is -3.62. The lowest BCUT2D eigenvalue weighted by molar-refractivity contribution is 0.204. The highest BCUT2D eigenvalue weighted by Crippen LogP contribution is 2.35. The fourth-order valence-electron chi connectivity index (χ4n) is 3.44. The van der Waals surface area contributed by atoms with E-state index in [0.29, 0.717) is 24.7 Å². The van der Waals surface area contributed by atoms with Crippen LogP contribution < -0.4 is 0 Å². The number of aromatic nitrogens is 2. The molecule has 7 heteroatoms. The first kappa shape index (κ1) is 17.9. The van der Waals surface area contributed by atoms with Crippen molar-refractivity contribution in [1.29, 1.82) is 0 Å². The van der Waals surface area contributed by atoms with Gasteiger partial charge in [0.1, 0.15) is 6.04 Å². The molecule has 1 saturated heterocycles. The van der Waals surface area contributed by atoms with Gasteiger partial charge >= 0.3 is 0 Å². The van der Waals surface area contributed by atoms with E-state index in [4.69, 9.17) is 4.52 Å². The first-order chi connectivity index (χ1) is 13.1. The van der Waals surface area contributed by atoms with Gasteiger partial charge in [-0.2, -0.15) is 9.29 Å². The van der Waals surface area contributed by atoms with Gasteiger partial charge in [-0.1, -0.05) is 53.5 Å². The normalized spacial score (nSPS) is 18.5. The van der Waals surface area contributed by atoms with Crippen molar-refractivity contribution in [3.63, 3.8) is 0 Å². The number of aryl methyl sites for hydroxylation is 1. The number of piperidine rings is 1. The lowest BCUT2D eigenvalue weighted by atomic mass is 10.1. The molecule has 0 amide bonds. The van der Waals surface area contributed by atoms with Gasteiger partial charge in [0.2, 0.25) is 21.7 Å². The SMILES string of the molecule is Cc1cccc(-c2noc(C3CCCCN3S(=O)(=O)c3ccccc3)n2)c1. The third-order valence-electron chi connectivity index (χ3n) is 4.81. The summed E-state index contributed by atoms with van der Waals surface area (Å²) in [6.45, 7) is 2.45. The number of hydrogen-bond donors (Lipinski definition) is 0. The zero-order chi connectivity index (χ0) is 18.9. The molecule has 27 heavy (non-hydrogen) atoms. The molecule has 4 rings (SSSR count). The minimum Gasteiger partial charge on any atom is -0.337 e. The van der Waals surface area contributed by atoms with Crippen molar-refractivity contribution in [3.05, 3.63) is 66.1 Å². The molecule has 140 valence electrons. The smallest absolute Gasteiger partial charge is 0.245 e. The lowest BCUT2D eigenvalue weighted by Crippen LogP contribution is -2.38.